The van der Waals surface area contributed by atoms with E-state index in [2.05, 4.69) is 0 Å². The van der Waals surface area contributed by atoms with E-state index in [1.807, 2.05) is 0 Å². The fourth-order valence-electron chi connectivity index (χ4n) is 0. The van der Waals surface area contributed by atoms with Gasteiger partial charge in [0.05, 0.1) is 0 Å². The Morgan fingerprint density at radius 1 is 0.588 bits per heavy atom. The van der Waals surface area contributed by atoms with E-state index in [0.717, 1.165) is 0 Å². The molecule has 0 saturated heterocycles. The summed E-state index contributed by atoms with van der Waals surface area (Å²) in [6, 6.07) is 0. The van der Waals surface area contributed by atoms with E-state index < -0.39 is 31.5 Å². The molecule has 0 aliphatic rings. The monoisotopic (exact) mass is 359 g/mol. The topological polar surface area (TPSA) is 172 Å². The molecule has 17 heavy (non-hydrogen) atoms. The Kier molecular flexibility index (Phi) is 21.1. The number of hydrogen-bond acceptors (Lipinski definition) is 9. The van der Waals surface area contributed by atoms with Gasteiger partial charge in [-0.05, 0) is 0 Å². The Morgan fingerprint density at radius 3 is 0.588 bits per heavy atom. The smallest absolute Gasteiger partial charge is 0.722 e. The van der Waals surface area contributed by atoms with Gasteiger partial charge < -0.3 is 13.7 Å². The van der Waals surface area contributed by atoms with E-state index in [-0.39, 0.29) is 35.9 Å². The predicted molar refractivity (Wildman–Crippen MR) is 32.4 cm³/mol. The van der Waals surface area contributed by atoms with Gasteiger partial charge in [0.15, 0.2) is 0 Å². The molecular weight excluding hydrogens is 359 g/mol. The molecule has 1 radical (unpaired) electrons. The van der Waals surface area contributed by atoms with Gasteiger partial charge >= 0.3 is 35.9 Å². The number of hydrogen-bond donors (Lipinski definition) is 0. The third-order valence-corrected chi connectivity index (χ3v) is 0. The quantitative estimate of drug-likeness (QED) is 0.234. The summed E-state index contributed by atoms with van der Waals surface area (Å²) in [6.07, 6.45) is 0. The molecule has 0 spiro atoms. The first-order chi connectivity index (χ1) is 6.00. The third kappa shape index (κ3) is 8790. The molecule has 0 amide bonds. The van der Waals surface area contributed by atoms with Crippen LogP contribution in [0.25, 0.3) is 0 Å². The molecule has 0 bridgehead atoms. The van der Waals surface area contributed by atoms with Crippen LogP contribution in [0.3, 0.4) is 0 Å². The summed E-state index contributed by atoms with van der Waals surface area (Å²) in [5.41, 5.74) is 0. The molecule has 0 fully saturated rings. The van der Waals surface area contributed by atoms with E-state index in [0.29, 0.717) is 0 Å². The maximum Gasteiger partial charge on any atom is 2.00 e. The Balaban J connectivity index is -0.0000000400. The molecule has 0 N–H and O–H groups in total. The fourth-order valence-corrected chi connectivity index (χ4v) is 0. The van der Waals surface area contributed by atoms with Crippen molar-refractivity contribution in [2.75, 3.05) is 0 Å². The van der Waals surface area contributed by atoms with Crippen LogP contribution in [0, 0.1) is 0 Å². The maximum absolute atomic E-state index is 10.1. The van der Waals surface area contributed by atoms with E-state index in [1.165, 1.54) is 0 Å². The van der Waals surface area contributed by atoms with Gasteiger partial charge in [0.2, 0.25) is 0 Å². The second-order valence-electron chi connectivity index (χ2n) is 1.18. The number of halogens is 3. The summed E-state index contributed by atoms with van der Waals surface area (Å²) >= 11 is 0. The average molecular weight is 359 g/mol. The fraction of sp³-hybridized carbons (Fsp3) is 0. The first kappa shape index (κ1) is 30.6. The van der Waals surface area contributed by atoms with Gasteiger partial charge in [0.1, 0.15) is 0 Å². The molecule has 9 nitrogen and oxygen atoms in total. The van der Waals surface area contributed by atoms with Crippen LogP contribution in [0.2, 0.25) is 0 Å². The van der Waals surface area contributed by atoms with Gasteiger partial charge in [-0.15, -0.1) is 11.7 Å². The SMILES string of the molecule is O=S(=O)([O-])F.O=S(=O)([O-])F.O=S(=O)([O-])F.[Li+].[Mn+2]. The van der Waals surface area contributed by atoms with Gasteiger partial charge in [0, 0.05) is 0 Å². The van der Waals surface area contributed by atoms with Crippen LogP contribution >= 0.6 is 0 Å². The molecule has 17 heteroatoms. The van der Waals surface area contributed by atoms with Crippen LogP contribution in [0.5, 0.6) is 0 Å². The first-order valence-electron chi connectivity index (χ1n) is 1.96. The van der Waals surface area contributed by atoms with E-state index in [1.54, 1.807) is 0 Å². The zero-order valence-electron chi connectivity index (χ0n) is 7.41. The molecular formula is F3LiMnO9S3. The summed E-state index contributed by atoms with van der Waals surface area (Å²) in [7, 11) is -16.2. The Bertz CT molecular complexity index is 352. The Morgan fingerprint density at radius 2 is 0.588 bits per heavy atom. The molecule has 0 aromatic rings. The summed E-state index contributed by atoms with van der Waals surface area (Å²) in [4.78, 5) is 0. The molecule has 0 rings (SSSR count). The predicted octanol–water partition coefficient (Wildman–Crippen LogP) is -4.75. The summed E-state index contributed by atoms with van der Waals surface area (Å²) < 4.78 is 106. The van der Waals surface area contributed by atoms with Crippen LogP contribution < -0.4 is 18.9 Å². The van der Waals surface area contributed by atoms with Crippen LogP contribution in [-0.2, 0) is 48.6 Å². The minimum absolute atomic E-state index is 0. The molecule has 0 aliphatic carbocycles. The number of rotatable bonds is 0. The minimum atomic E-state index is -5.42. The van der Waals surface area contributed by atoms with Crippen molar-refractivity contribution >= 4 is 31.5 Å². The van der Waals surface area contributed by atoms with Crippen molar-refractivity contribution in [3.8, 4) is 0 Å². The zero-order chi connectivity index (χ0) is 13.5. The molecule has 101 valence electrons. The molecule has 0 heterocycles. The van der Waals surface area contributed by atoms with Gasteiger partial charge in [-0.3, -0.25) is 0 Å². The van der Waals surface area contributed by atoms with Crippen LogP contribution in [0.15, 0.2) is 0 Å². The minimum Gasteiger partial charge on any atom is -0.722 e. The standard InChI is InChI=1S/3FHO3S.Li.Mn/c3*1-5(2,3)4;;/h3*(H,2,3,4);;/q;;;+1;+2/p-3. The Hall–Kier alpha value is 0.637. The average Bonchev–Trinajstić information content (AvgIpc) is 1.41. The van der Waals surface area contributed by atoms with E-state index >= 15 is 0 Å². The molecule has 0 atom stereocenters. The molecule has 0 aromatic heterocycles. The van der Waals surface area contributed by atoms with Crippen LogP contribution in [0.4, 0.5) is 11.7 Å². The Labute approximate surface area is 118 Å². The van der Waals surface area contributed by atoms with Crippen molar-refractivity contribution in [2.45, 2.75) is 0 Å². The normalized spacial score (nSPS) is 10.2. The van der Waals surface area contributed by atoms with E-state index in [9.17, 15) is 11.7 Å². The third-order valence-electron chi connectivity index (χ3n) is 0. The molecule has 0 aliphatic heterocycles. The van der Waals surface area contributed by atoms with E-state index in [4.69, 9.17) is 38.9 Å². The van der Waals surface area contributed by atoms with Crippen molar-refractivity contribution in [3.63, 3.8) is 0 Å². The zero-order valence-corrected chi connectivity index (χ0v) is 11.0. The first-order valence-corrected chi connectivity index (χ1v) is 5.89. The van der Waals surface area contributed by atoms with Crippen LogP contribution in [-0.4, -0.2) is 38.9 Å². The second-order valence-corrected chi connectivity index (χ2v) is 3.54. The van der Waals surface area contributed by atoms with Crippen molar-refractivity contribution in [1.82, 2.24) is 0 Å². The summed E-state index contributed by atoms with van der Waals surface area (Å²) in [5.74, 6) is 0. The van der Waals surface area contributed by atoms with Gasteiger partial charge in [0.25, 0.3) is 31.5 Å². The van der Waals surface area contributed by atoms with Gasteiger partial charge in [-0.1, -0.05) is 0 Å². The van der Waals surface area contributed by atoms with Crippen molar-refractivity contribution in [1.29, 1.82) is 0 Å². The molecule has 0 unspecified atom stereocenters. The molecule has 0 saturated carbocycles. The van der Waals surface area contributed by atoms with Gasteiger partial charge in [-0.2, -0.15) is 0 Å². The largest absolute Gasteiger partial charge is 2.00 e. The summed E-state index contributed by atoms with van der Waals surface area (Å²) in [5, 5.41) is 0. The van der Waals surface area contributed by atoms with Crippen LogP contribution in [0.1, 0.15) is 0 Å². The molecule has 0 aromatic carbocycles. The second kappa shape index (κ2) is 11.7. The maximum atomic E-state index is 10.1. The van der Waals surface area contributed by atoms with Gasteiger partial charge in [-0.25, -0.2) is 25.3 Å². The summed E-state index contributed by atoms with van der Waals surface area (Å²) in [6.45, 7) is 0. The van der Waals surface area contributed by atoms with Crippen molar-refractivity contribution in [2.24, 2.45) is 0 Å². The van der Waals surface area contributed by atoms with Crippen molar-refractivity contribution < 1.29 is 86.5 Å². The van der Waals surface area contributed by atoms with Crippen molar-refractivity contribution in [3.05, 3.63) is 0 Å².